The van der Waals surface area contributed by atoms with E-state index in [4.69, 9.17) is 14.7 Å². The van der Waals surface area contributed by atoms with Gasteiger partial charge in [-0.1, -0.05) is 58.0 Å². The summed E-state index contributed by atoms with van der Waals surface area (Å²) in [7, 11) is 0. The summed E-state index contributed by atoms with van der Waals surface area (Å²) in [4.78, 5) is 15.2. The van der Waals surface area contributed by atoms with E-state index in [1.807, 2.05) is 0 Å². The molecule has 5 nitrogen and oxygen atoms in total. The van der Waals surface area contributed by atoms with E-state index in [1.54, 1.807) is 0 Å². The molecule has 5 heteroatoms. The molecule has 3 aromatic rings. The lowest BCUT2D eigenvalue weighted by atomic mass is 10.0. The molecular weight excluding hydrogens is 468 g/mol. The summed E-state index contributed by atoms with van der Waals surface area (Å²) in [6.45, 7) is 25.1. The van der Waals surface area contributed by atoms with Crippen LogP contribution >= 0.6 is 0 Å². The summed E-state index contributed by atoms with van der Waals surface area (Å²) in [5, 5.41) is 0. The first-order valence-electron chi connectivity index (χ1n) is 14.3. The van der Waals surface area contributed by atoms with Crippen LogP contribution in [0.3, 0.4) is 0 Å². The van der Waals surface area contributed by atoms with E-state index >= 15 is 0 Å². The molecule has 38 heavy (non-hydrogen) atoms. The molecular formula is C33H48N4O. The maximum atomic E-state index is 6.49. The fourth-order valence-corrected chi connectivity index (χ4v) is 5.01. The monoisotopic (exact) mass is 516 g/mol. The fourth-order valence-electron chi connectivity index (χ4n) is 5.01. The Balaban J connectivity index is 2.02. The van der Waals surface area contributed by atoms with Crippen LogP contribution in [-0.2, 0) is 6.61 Å². The number of nitrogens with zero attached hydrogens (tertiary/aromatic N) is 4. The Bertz CT molecular complexity index is 1180. The van der Waals surface area contributed by atoms with Gasteiger partial charge in [0.2, 0.25) is 0 Å². The van der Waals surface area contributed by atoms with Gasteiger partial charge < -0.3 is 14.5 Å². The number of anilines is 1. The predicted octanol–water partition coefficient (Wildman–Crippen LogP) is 7.64. The smallest absolute Gasteiger partial charge is 0.162 e. The van der Waals surface area contributed by atoms with Crippen LogP contribution in [0.4, 0.5) is 5.82 Å². The van der Waals surface area contributed by atoms with Crippen molar-refractivity contribution in [2.45, 2.75) is 81.3 Å². The maximum absolute atomic E-state index is 6.49. The van der Waals surface area contributed by atoms with Gasteiger partial charge in [-0.25, -0.2) is 9.97 Å². The van der Waals surface area contributed by atoms with Gasteiger partial charge >= 0.3 is 0 Å². The summed E-state index contributed by atoms with van der Waals surface area (Å²) in [6.07, 6.45) is 1.09. The normalized spacial score (nSPS) is 11.4. The Labute approximate surface area is 231 Å². The number of hydrogen-bond acceptors (Lipinski definition) is 5. The molecule has 0 atom stereocenters. The fraction of sp³-hybridized carbons (Fsp3) is 0.515. The first-order chi connectivity index (χ1) is 18.2. The Morgan fingerprint density at radius 3 is 2.11 bits per heavy atom. The van der Waals surface area contributed by atoms with Crippen LogP contribution in [0.25, 0.3) is 11.4 Å². The minimum Gasteiger partial charge on any atom is -0.488 e. The first kappa shape index (κ1) is 29.6. The molecule has 0 unspecified atom stereocenters. The van der Waals surface area contributed by atoms with Crippen molar-refractivity contribution in [1.29, 1.82) is 0 Å². The molecule has 1 heterocycles. The van der Waals surface area contributed by atoms with E-state index in [-0.39, 0.29) is 0 Å². The number of ether oxygens (including phenoxy) is 1. The highest BCUT2D eigenvalue weighted by Gasteiger charge is 2.20. The molecule has 3 rings (SSSR count). The van der Waals surface area contributed by atoms with E-state index in [9.17, 15) is 0 Å². The first-order valence-corrected chi connectivity index (χ1v) is 14.3. The predicted molar refractivity (Wildman–Crippen MR) is 162 cm³/mol. The van der Waals surface area contributed by atoms with E-state index in [2.05, 4.69) is 109 Å². The number of rotatable bonds is 13. The molecule has 0 spiro atoms. The highest BCUT2D eigenvalue weighted by molar-refractivity contribution is 5.67. The van der Waals surface area contributed by atoms with Crippen molar-refractivity contribution in [2.75, 3.05) is 37.6 Å². The topological polar surface area (TPSA) is 41.5 Å². The summed E-state index contributed by atoms with van der Waals surface area (Å²) in [6, 6.07) is 12.9. The molecule has 0 radical (unpaired) electrons. The number of aryl methyl sites for hydroxylation is 4. The Morgan fingerprint density at radius 2 is 1.50 bits per heavy atom. The highest BCUT2D eigenvalue weighted by Crippen LogP contribution is 2.31. The van der Waals surface area contributed by atoms with Gasteiger partial charge in [-0.15, -0.1) is 0 Å². The molecule has 1 aromatic heterocycles. The van der Waals surface area contributed by atoms with Crippen molar-refractivity contribution in [2.24, 2.45) is 0 Å². The zero-order valence-corrected chi connectivity index (χ0v) is 25.2. The van der Waals surface area contributed by atoms with Crippen molar-refractivity contribution in [3.63, 3.8) is 0 Å². The van der Waals surface area contributed by atoms with Gasteiger partial charge in [0, 0.05) is 18.7 Å². The second kappa shape index (κ2) is 13.7. The standard InChI is InChI=1S/C33H48N4O/c1-10-36(11-2)19-14-20-37(12-3)33-29(22-38-30-21-28(23(4)5)18-17-24(30)6)27(9)34-32(35-33)31-25(7)15-13-16-26(31)8/h13,15-18,21,23H,10-12,14,19-20,22H2,1-9H3. The molecule has 206 valence electrons. The molecule has 0 saturated carbocycles. The Hall–Kier alpha value is -2.92. The second-order valence-corrected chi connectivity index (χ2v) is 10.6. The zero-order valence-electron chi connectivity index (χ0n) is 25.2. The van der Waals surface area contributed by atoms with Crippen LogP contribution < -0.4 is 9.64 Å². The highest BCUT2D eigenvalue weighted by atomic mass is 16.5. The van der Waals surface area contributed by atoms with Crippen LogP contribution in [0.15, 0.2) is 36.4 Å². The van der Waals surface area contributed by atoms with Crippen LogP contribution in [0, 0.1) is 27.7 Å². The third kappa shape index (κ3) is 7.13. The van der Waals surface area contributed by atoms with Crippen LogP contribution in [-0.4, -0.2) is 47.6 Å². The number of aromatic nitrogens is 2. The van der Waals surface area contributed by atoms with E-state index < -0.39 is 0 Å². The molecule has 0 bridgehead atoms. The van der Waals surface area contributed by atoms with E-state index in [0.29, 0.717) is 12.5 Å². The van der Waals surface area contributed by atoms with Gasteiger partial charge in [-0.2, -0.15) is 0 Å². The molecule has 0 amide bonds. The van der Waals surface area contributed by atoms with Gasteiger partial charge in [0.15, 0.2) is 5.82 Å². The van der Waals surface area contributed by atoms with Gasteiger partial charge in [-0.3, -0.25) is 0 Å². The molecule has 0 N–H and O–H groups in total. The average Bonchev–Trinajstić information content (AvgIpc) is 2.88. The van der Waals surface area contributed by atoms with E-state index in [0.717, 1.165) is 78.9 Å². The number of benzene rings is 2. The minimum atomic E-state index is 0.448. The summed E-state index contributed by atoms with van der Waals surface area (Å²) >= 11 is 0. The van der Waals surface area contributed by atoms with Crippen molar-refractivity contribution in [1.82, 2.24) is 14.9 Å². The van der Waals surface area contributed by atoms with Crippen LogP contribution in [0.5, 0.6) is 5.75 Å². The molecule has 0 aliphatic carbocycles. The van der Waals surface area contributed by atoms with Gasteiger partial charge in [0.1, 0.15) is 18.2 Å². The van der Waals surface area contributed by atoms with Crippen molar-refractivity contribution < 1.29 is 4.74 Å². The van der Waals surface area contributed by atoms with Gasteiger partial charge in [0.25, 0.3) is 0 Å². The van der Waals surface area contributed by atoms with E-state index in [1.165, 1.54) is 16.7 Å². The Morgan fingerprint density at radius 1 is 0.816 bits per heavy atom. The third-order valence-corrected chi connectivity index (χ3v) is 7.63. The minimum absolute atomic E-state index is 0.448. The van der Waals surface area contributed by atoms with Gasteiger partial charge in [0.05, 0.1) is 11.3 Å². The lowest BCUT2D eigenvalue weighted by Gasteiger charge is -2.27. The molecule has 0 saturated heterocycles. The SMILES string of the molecule is CCN(CC)CCCN(CC)c1nc(-c2c(C)cccc2C)nc(C)c1COc1cc(C(C)C)ccc1C. The van der Waals surface area contributed by atoms with Crippen molar-refractivity contribution in [3.8, 4) is 17.1 Å². The lowest BCUT2D eigenvalue weighted by molar-refractivity contribution is 0.298. The summed E-state index contributed by atoms with van der Waals surface area (Å²) in [5.41, 5.74) is 8.01. The Kier molecular flexibility index (Phi) is 10.7. The van der Waals surface area contributed by atoms with Gasteiger partial charge in [-0.05, 0) is 94.9 Å². The van der Waals surface area contributed by atoms with Crippen molar-refractivity contribution >= 4 is 5.82 Å². The van der Waals surface area contributed by atoms with Crippen LogP contribution in [0.1, 0.15) is 80.5 Å². The van der Waals surface area contributed by atoms with Crippen molar-refractivity contribution in [3.05, 3.63) is 69.9 Å². The zero-order chi connectivity index (χ0) is 27.8. The molecule has 2 aromatic carbocycles. The molecule has 0 aliphatic heterocycles. The maximum Gasteiger partial charge on any atom is 0.162 e. The molecule has 0 aliphatic rings. The largest absolute Gasteiger partial charge is 0.488 e. The van der Waals surface area contributed by atoms with Crippen LogP contribution in [0.2, 0.25) is 0 Å². The molecule has 0 fully saturated rings. The summed E-state index contributed by atoms with van der Waals surface area (Å²) in [5.74, 6) is 3.19. The number of hydrogen-bond donors (Lipinski definition) is 0. The quantitative estimate of drug-likeness (QED) is 0.233. The lowest BCUT2D eigenvalue weighted by Crippen LogP contribution is -2.31. The average molecular weight is 517 g/mol. The second-order valence-electron chi connectivity index (χ2n) is 10.6. The summed E-state index contributed by atoms with van der Waals surface area (Å²) < 4.78 is 6.49. The third-order valence-electron chi connectivity index (χ3n) is 7.63.